The van der Waals surface area contributed by atoms with Crippen molar-refractivity contribution in [2.45, 2.75) is 25.0 Å². The van der Waals surface area contributed by atoms with Crippen LogP contribution >= 0.6 is 23.4 Å². The van der Waals surface area contributed by atoms with E-state index < -0.39 is 6.04 Å². The van der Waals surface area contributed by atoms with E-state index in [0.29, 0.717) is 32.9 Å². The van der Waals surface area contributed by atoms with Crippen LogP contribution in [0, 0.1) is 5.92 Å². The first-order chi connectivity index (χ1) is 18.8. The molecule has 2 amide bonds. The van der Waals surface area contributed by atoms with E-state index >= 15 is 0 Å². The second-order valence-electron chi connectivity index (χ2n) is 8.99. The van der Waals surface area contributed by atoms with E-state index in [1.807, 2.05) is 51.2 Å². The maximum absolute atomic E-state index is 12.9. The van der Waals surface area contributed by atoms with Crippen LogP contribution in [0.4, 0.5) is 17.1 Å². The molecule has 3 aromatic carbocycles. The molecule has 0 saturated heterocycles. The van der Waals surface area contributed by atoms with Gasteiger partial charge in [-0.15, -0.1) is 10.2 Å². The van der Waals surface area contributed by atoms with E-state index in [0.717, 1.165) is 5.69 Å². The minimum absolute atomic E-state index is 0.0377. The van der Waals surface area contributed by atoms with Crippen LogP contribution in [0.25, 0.3) is 0 Å². The zero-order valence-electron chi connectivity index (χ0n) is 21.7. The minimum Gasteiger partial charge on any atom is -0.342 e. The molecule has 0 aliphatic rings. The molecule has 0 saturated carbocycles. The molecule has 4 rings (SSSR count). The lowest BCUT2D eigenvalue weighted by molar-refractivity contribution is -0.113. The molecule has 0 bridgehead atoms. The summed E-state index contributed by atoms with van der Waals surface area (Å²) in [6.45, 7) is 3.97. The number of amides is 2. The largest absolute Gasteiger partial charge is 0.342 e. The van der Waals surface area contributed by atoms with E-state index in [4.69, 9.17) is 11.6 Å². The van der Waals surface area contributed by atoms with Gasteiger partial charge in [0.05, 0.1) is 33.8 Å². The molecule has 1 aromatic heterocycles. The van der Waals surface area contributed by atoms with Gasteiger partial charge < -0.3 is 15.2 Å². The van der Waals surface area contributed by atoms with Gasteiger partial charge in [-0.05, 0) is 54.4 Å². The van der Waals surface area contributed by atoms with Gasteiger partial charge >= 0.3 is 0 Å². The van der Waals surface area contributed by atoms with Crippen molar-refractivity contribution in [1.29, 1.82) is 0 Å². The summed E-state index contributed by atoms with van der Waals surface area (Å²) in [6, 6.07) is 23.1. The third-order valence-electron chi connectivity index (χ3n) is 5.74. The number of carbonyl (C=O) groups is 2. The van der Waals surface area contributed by atoms with Gasteiger partial charge in [0.1, 0.15) is 0 Å². The third kappa shape index (κ3) is 7.52. The fourth-order valence-electron chi connectivity index (χ4n) is 3.67. The molecule has 1 heterocycles. The monoisotopic (exact) mass is 561 g/mol. The van der Waals surface area contributed by atoms with Crippen LogP contribution in [-0.2, 0) is 11.8 Å². The van der Waals surface area contributed by atoms with Crippen LogP contribution in [-0.4, -0.2) is 32.3 Å². The zero-order chi connectivity index (χ0) is 27.8. The molecule has 0 unspecified atom stereocenters. The summed E-state index contributed by atoms with van der Waals surface area (Å²) in [5.41, 5.74) is 2.49. The number of anilines is 1. The molecule has 200 valence electrons. The number of halogens is 1. The summed E-state index contributed by atoms with van der Waals surface area (Å²) in [7, 11) is 1.81. The van der Waals surface area contributed by atoms with Gasteiger partial charge in [-0.1, -0.05) is 67.5 Å². The number of thioether (sulfide) groups is 1. The van der Waals surface area contributed by atoms with E-state index in [-0.39, 0.29) is 23.5 Å². The molecule has 0 radical (unpaired) electrons. The number of benzene rings is 3. The van der Waals surface area contributed by atoms with Gasteiger partial charge in [-0.3, -0.25) is 9.59 Å². The Morgan fingerprint density at radius 2 is 1.56 bits per heavy atom. The highest BCUT2D eigenvalue weighted by Gasteiger charge is 2.26. The Bertz CT molecular complexity index is 1460. The summed E-state index contributed by atoms with van der Waals surface area (Å²) >= 11 is 7.45. The predicted molar refractivity (Wildman–Crippen MR) is 154 cm³/mol. The van der Waals surface area contributed by atoms with Crippen LogP contribution in [0.15, 0.2) is 94.2 Å². The van der Waals surface area contributed by atoms with Crippen molar-refractivity contribution in [3.05, 3.63) is 95.3 Å². The predicted octanol–water partition coefficient (Wildman–Crippen LogP) is 6.74. The highest BCUT2D eigenvalue weighted by Crippen LogP contribution is 2.26. The van der Waals surface area contributed by atoms with Gasteiger partial charge in [0.15, 0.2) is 11.0 Å². The van der Waals surface area contributed by atoms with Crippen LogP contribution in [0.2, 0.25) is 5.02 Å². The number of rotatable bonds is 10. The van der Waals surface area contributed by atoms with Gasteiger partial charge in [-0.2, -0.15) is 10.2 Å². The molecular formula is C28H28ClN7O2S. The molecular weight excluding hydrogens is 534 g/mol. The lowest BCUT2D eigenvalue weighted by atomic mass is 10.0. The summed E-state index contributed by atoms with van der Waals surface area (Å²) in [5.74, 6) is 0.295. The average Bonchev–Trinajstić information content (AvgIpc) is 3.30. The molecule has 9 nitrogen and oxygen atoms in total. The van der Waals surface area contributed by atoms with Crippen LogP contribution in [0.5, 0.6) is 0 Å². The molecule has 0 fully saturated rings. The van der Waals surface area contributed by atoms with Crippen molar-refractivity contribution in [3.63, 3.8) is 0 Å². The Morgan fingerprint density at radius 3 is 2.23 bits per heavy atom. The fraction of sp³-hybridized carbons (Fsp3) is 0.214. The Balaban J connectivity index is 1.34. The zero-order valence-corrected chi connectivity index (χ0v) is 23.3. The lowest BCUT2D eigenvalue weighted by Gasteiger charge is -2.22. The maximum atomic E-state index is 12.9. The number of hydrogen-bond acceptors (Lipinski definition) is 7. The molecule has 2 N–H and O–H groups in total. The van der Waals surface area contributed by atoms with E-state index in [1.165, 1.54) is 11.8 Å². The van der Waals surface area contributed by atoms with Crippen LogP contribution in [0.3, 0.4) is 0 Å². The van der Waals surface area contributed by atoms with Gasteiger partial charge in [0.25, 0.3) is 5.91 Å². The number of azo groups is 1. The Morgan fingerprint density at radius 1 is 0.923 bits per heavy atom. The normalized spacial score (nSPS) is 12.0. The molecule has 4 aromatic rings. The standard InChI is InChI=1S/C28H28ClN7O2S/c1-18(2)25(31-27(38)22-11-7-8-12-23(22)29)26-34-35-28(36(26)3)39-17-24(37)30-19-13-15-21(16-14-19)33-32-20-9-5-4-6-10-20/h4-16,18,25H,17H2,1-3H3,(H,30,37)(H,31,38)/t25-/m1/s1. The van der Waals surface area contributed by atoms with E-state index in [2.05, 4.69) is 31.1 Å². The summed E-state index contributed by atoms with van der Waals surface area (Å²) in [4.78, 5) is 25.4. The third-order valence-corrected chi connectivity index (χ3v) is 7.09. The molecule has 11 heteroatoms. The van der Waals surface area contributed by atoms with Crippen molar-refractivity contribution in [2.75, 3.05) is 11.1 Å². The number of carbonyl (C=O) groups excluding carboxylic acids is 2. The maximum Gasteiger partial charge on any atom is 0.253 e. The smallest absolute Gasteiger partial charge is 0.253 e. The minimum atomic E-state index is -0.396. The van der Waals surface area contributed by atoms with Crippen molar-refractivity contribution in [1.82, 2.24) is 20.1 Å². The first-order valence-corrected chi connectivity index (χ1v) is 13.6. The quantitative estimate of drug-likeness (QED) is 0.164. The van der Waals surface area contributed by atoms with Crippen molar-refractivity contribution in [2.24, 2.45) is 23.2 Å². The average molecular weight is 562 g/mol. The second-order valence-corrected chi connectivity index (χ2v) is 10.3. The second kappa shape index (κ2) is 13.2. The topological polar surface area (TPSA) is 114 Å². The summed E-state index contributed by atoms with van der Waals surface area (Å²) in [6.07, 6.45) is 0. The first kappa shape index (κ1) is 28.0. The van der Waals surface area contributed by atoms with Crippen LogP contribution < -0.4 is 10.6 Å². The Labute approximate surface area is 236 Å². The van der Waals surface area contributed by atoms with E-state index in [9.17, 15) is 9.59 Å². The SMILES string of the molecule is CC(C)[C@@H](NC(=O)c1ccccc1Cl)c1nnc(SCC(=O)Nc2ccc(N=Nc3ccccc3)cc2)n1C. The summed E-state index contributed by atoms with van der Waals surface area (Å²) < 4.78 is 1.79. The molecule has 0 spiro atoms. The van der Waals surface area contributed by atoms with Gasteiger partial charge in [-0.25, -0.2) is 0 Å². The van der Waals surface area contributed by atoms with Gasteiger partial charge in [0.2, 0.25) is 5.91 Å². The molecule has 0 aliphatic carbocycles. The first-order valence-electron chi connectivity index (χ1n) is 12.3. The van der Waals surface area contributed by atoms with Crippen molar-refractivity contribution < 1.29 is 9.59 Å². The number of nitrogens with one attached hydrogen (secondary N) is 2. The van der Waals surface area contributed by atoms with Crippen molar-refractivity contribution >= 4 is 52.2 Å². The Hall–Kier alpha value is -4.02. The fourth-order valence-corrected chi connectivity index (χ4v) is 4.60. The van der Waals surface area contributed by atoms with Crippen LogP contribution in [0.1, 0.15) is 36.1 Å². The molecule has 1 atom stereocenters. The Kier molecular flexibility index (Phi) is 9.45. The highest BCUT2D eigenvalue weighted by atomic mass is 35.5. The lowest BCUT2D eigenvalue weighted by Crippen LogP contribution is -2.33. The van der Waals surface area contributed by atoms with Crippen molar-refractivity contribution in [3.8, 4) is 0 Å². The number of aromatic nitrogens is 3. The molecule has 0 aliphatic heterocycles. The number of nitrogens with zero attached hydrogens (tertiary/aromatic N) is 5. The van der Waals surface area contributed by atoms with Gasteiger partial charge in [0, 0.05) is 12.7 Å². The summed E-state index contributed by atoms with van der Waals surface area (Å²) in [5, 5.41) is 23.8. The highest BCUT2D eigenvalue weighted by molar-refractivity contribution is 7.99. The van der Waals surface area contributed by atoms with E-state index in [1.54, 1.807) is 53.1 Å². The number of hydrogen-bond donors (Lipinski definition) is 2. The molecule has 39 heavy (non-hydrogen) atoms.